The number of hydrogen-bond donors (Lipinski definition) is 6. The van der Waals surface area contributed by atoms with E-state index in [1.165, 1.54) is 13.8 Å². The summed E-state index contributed by atoms with van der Waals surface area (Å²) >= 11 is 0. The maximum atomic E-state index is 12.1. The van der Waals surface area contributed by atoms with Crippen LogP contribution in [0.25, 0.3) is 24.3 Å². The maximum absolute atomic E-state index is 12.1. The molecule has 8 bridgehead atoms. The third kappa shape index (κ3) is 7.24. The van der Waals surface area contributed by atoms with E-state index in [4.69, 9.17) is 9.47 Å². The van der Waals surface area contributed by atoms with Crippen LogP contribution < -0.4 is 21.4 Å². The highest BCUT2D eigenvalue weighted by Crippen LogP contribution is 2.29. The number of aromatic nitrogens is 4. The minimum absolute atomic E-state index is 0.0735. The molecule has 12 nitrogen and oxygen atoms in total. The van der Waals surface area contributed by atoms with E-state index >= 15 is 0 Å². The molecule has 12 heteroatoms. The van der Waals surface area contributed by atoms with Crippen molar-refractivity contribution >= 4 is 48.2 Å². The van der Waals surface area contributed by atoms with Gasteiger partial charge >= 0.3 is 23.9 Å². The summed E-state index contributed by atoms with van der Waals surface area (Å²) in [5, 5.41) is 22.1. The Kier molecular flexibility index (Phi) is 10.1. The summed E-state index contributed by atoms with van der Waals surface area (Å²) in [5.74, 6) is -2.67. The number of ether oxygens (including phenoxy) is 2. The Morgan fingerprint density at radius 2 is 1.02 bits per heavy atom. The number of esters is 2. The fraction of sp³-hybridized carbons (Fsp3) is 0.368. The Balaban J connectivity index is 1.94. The molecule has 6 N–H and O–H groups in total. The number of rotatable bonds is 10. The fourth-order valence-electron chi connectivity index (χ4n) is 7.06. The molecule has 50 heavy (non-hydrogen) atoms. The second-order valence-electron chi connectivity index (χ2n) is 13.0. The van der Waals surface area contributed by atoms with Crippen LogP contribution in [0.2, 0.25) is 0 Å². The van der Waals surface area contributed by atoms with Gasteiger partial charge in [-0.2, -0.15) is 0 Å². The van der Waals surface area contributed by atoms with Gasteiger partial charge in [-0.05, 0) is 112 Å². The number of aliphatic carboxylic acids is 2. The van der Waals surface area contributed by atoms with Gasteiger partial charge in [-0.3, -0.25) is 19.2 Å². The van der Waals surface area contributed by atoms with Crippen LogP contribution in [0.4, 0.5) is 0 Å². The van der Waals surface area contributed by atoms with Crippen molar-refractivity contribution in [3.8, 4) is 0 Å². The first-order valence-corrected chi connectivity index (χ1v) is 16.6. The number of H-pyrrole nitrogens is 4. The zero-order valence-corrected chi connectivity index (χ0v) is 29.6. The van der Waals surface area contributed by atoms with Crippen molar-refractivity contribution in [1.82, 2.24) is 19.9 Å². The summed E-state index contributed by atoms with van der Waals surface area (Å²) in [6, 6.07) is 0. The number of nitrogens with one attached hydrogen (secondary N) is 4. The molecule has 2 atom stereocenters. The second-order valence-corrected chi connectivity index (χ2v) is 13.0. The van der Waals surface area contributed by atoms with Crippen LogP contribution in [0.5, 0.6) is 0 Å². The molecule has 4 aromatic rings. The normalized spacial score (nSPS) is 13.3. The summed E-state index contributed by atoms with van der Waals surface area (Å²) in [6.45, 7) is 14.1. The highest BCUT2D eigenvalue weighted by molar-refractivity contribution is 5.71. The average Bonchev–Trinajstić information content (AvgIpc) is 3.67. The molecule has 0 saturated heterocycles. The van der Waals surface area contributed by atoms with Gasteiger partial charge in [0.2, 0.25) is 0 Å². The fourth-order valence-corrected chi connectivity index (χ4v) is 7.06. The summed E-state index contributed by atoms with van der Waals surface area (Å²) < 4.78 is 11.3. The molecule has 0 aromatic carbocycles. The van der Waals surface area contributed by atoms with Crippen LogP contribution in [0.3, 0.4) is 0 Å². The van der Waals surface area contributed by atoms with Crippen LogP contribution >= 0.6 is 0 Å². The van der Waals surface area contributed by atoms with Crippen molar-refractivity contribution in [2.45, 2.75) is 93.3 Å². The van der Waals surface area contributed by atoms with Crippen molar-refractivity contribution < 1.29 is 38.9 Å². The zero-order chi connectivity index (χ0) is 36.6. The SMILES string of the molecule is CC(=O)OC(C)c1c2[nH]c(c1C)C=c1[nH]c(c(CCC(=O)O)c1C)=Cc1[nH]c(c(C)c1CCC(=O)O)C=c1[nH]c(c(C)c1C(C)OC(C)=O)=C2. The number of carboxylic acid groups (broad SMARTS) is 2. The van der Waals surface area contributed by atoms with E-state index in [0.717, 1.165) is 66.6 Å². The second kappa shape index (κ2) is 14.1. The summed E-state index contributed by atoms with van der Waals surface area (Å²) in [6.07, 6.45) is 6.98. The molecule has 0 amide bonds. The Hall–Kier alpha value is -5.52. The number of carboxylic acids is 2. The first kappa shape index (κ1) is 35.8. The van der Waals surface area contributed by atoms with Crippen molar-refractivity contribution in [2.24, 2.45) is 0 Å². The molecule has 2 unspecified atom stereocenters. The van der Waals surface area contributed by atoms with Gasteiger partial charge in [0.15, 0.2) is 0 Å². The van der Waals surface area contributed by atoms with E-state index < -0.39 is 36.1 Å². The Labute approximate surface area is 288 Å². The molecule has 0 saturated carbocycles. The van der Waals surface area contributed by atoms with E-state index in [9.17, 15) is 29.4 Å². The number of carbonyl (C=O) groups excluding carboxylic acids is 2. The van der Waals surface area contributed by atoms with Crippen molar-refractivity contribution in [2.75, 3.05) is 0 Å². The highest BCUT2D eigenvalue weighted by atomic mass is 16.5. The molecule has 5 rings (SSSR count). The lowest BCUT2D eigenvalue weighted by Crippen LogP contribution is -2.16. The molecular formula is C38H44N4O8. The van der Waals surface area contributed by atoms with Crippen LogP contribution in [-0.2, 0) is 41.5 Å². The lowest BCUT2D eigenvalue weighted by molar-refractivity contribution is -0.146. The number of hydrogen-bond acceptors (Lipinski definition) is 6. The lowest BCUT2D eigenvalue weighted by Gasteiger charge is -2.13. The van der Waals surface area contributed by atoms with Crippen LogP contribution in [-0.4, -0.2) is 54.0 Å². The average molecular weight is 685 g/mol. The van der Waals surface area contributed by atoms with Gasteiger partial charge in [0.25, 0.3) is 0 Å². The minimum atomic E-state index is -0.921. The van der Waals surface area contributed by atoms with Gasteiger partial charge in [-0.15, -0.1) is 0 Å². The van der Waals surface area contributed by atoms with Crippen molar-refractivity contribution in [3.05, 3.63) is 88.7 Å². The Morgan fingerprint density at radius 1 is 0.560 bits per heavy atom. The van der Waals surface area contributed by atoms with Gasteiger partial charge in [-0.25, -0.2) is 0 Å². The third-order valence-corrected chi connectivity index (χ3v) is 9.47. The van der Waals surface area contributed by atoms with Gasteiger partial charge in [0.1, 0.15) is 12.2 Å². The molecule has 4 aromatic heterocycles. The molecule has 264 valence electrons. The van der Waals surface area contributed by atoms with Crippen LogP contribution in [0, 0.1) is 27.7 Å². The molecule has 5 heterocycles. The zero-order valence-electron chi connectivity index (χ0n) is 29.6. The monoisotopic (exact) mass is 684 g/mol. The minimum Gasteiger partial charge on any atom is -0.481 e. The molecule has 1 aliphatic heterocycles. The standard InChI is InChI=1S/C38H44N4O8/c1-17-25(9-11-35(45)46)31-16-32-26(10-12-36(47)48)18(2)28(40-32)14-33-38(22(6)50-24(8)44)20(4)30(42-33)15-34-37(21(5)49-23(7)43)19(3)29(41-34)13-27(17)39-31/h13-16,21-22,39-42H,9-12H2,1-8H3,(H,45,46)(H,47,48). The third-order valence-electron chi connectivity index (χ3n) is 9.47. The predicted molar refractivity (Wildman–Crippen MR) is 187 cm³/mol. The quantitative estimate of drug-likeness (QED) is 0.121. The van der Waals surface area contributed by atoms with Gasteiger partial charge in [0, 0.05) is 82.0 Å². The first-order chi connectivity index (χ1) is 23.5. The van der Waals surface area contributed by atoms with E-state index in [-0.39, 0.29) is 25.7 Å². The molecular weight excluding hydrogens is 640 g/mol. The summed E-state index contributed by atoms with van der Waals surface area (Å²) in [5.41, 5.74) is 9.59. The lowest BCUT2D eigenvalue weighted by atomic mass is 10.0. The highest BCUT2D eigenvalue weighted by Gasteiger charge is 2.23. The Morgan fingerprint density at radius 3 is 1.62 bits per heavy atom. The van der Waals surface area contributed by atoms with Crippen molar-refractivity contribution in [1.29, 1.82) is 0 Å². The molecule has 0 radical (unpaired) electrons. The number of fused-ring (bicyclic) bond motifs is 8. The van der Waals surface area contributed by atoms with E-state index in [0.29, 0.717) is 22.1 Å². The molecule has 0 fully saturated rings. The van der Waals surface area contributed by atoms with E-state index in [2.05, 4.69) is 19.9 Å². The van der Waals surface area contributed by atoms with Crippen LogP contribution in [0.1, 0.15) is 120 Å². The van der Waals surface area contributed by atoms with E-state index in [1.54, 1.807) is 0 Å². The molecule has 1 aliphatic rings. The van der Waals surface area contributed by atoms with Crippen molar-refractivity contribution in [3.63, 3.8) is 0 Å². The summed E-state index contributed by atoms with van der Waals surface area (Å²) in [4.78, 5) is 61.6. The van der Waals surface area contributed by atoms with Gasteiger partial charge in [-0.1, -0.05) is 0 Å². The molecule has 0 aliphatic carbocycles. The smallest absolute Gasteiger partial charge is 0.303 e. The van der Waals surface area contributed by atoms with E-state index in [1.807, 2.05) is 65.8 Å². The van der Waals surface area contributed by atoms with Gasteiger partial charge in [0.05, 0.1) is 0 Å². The number of carbonyl (C=O) groups is 4. The van der Waals surface area contributed by atoms with Gasteiger partial charge < -0.3 is 39.6 Å². The Bertz CT molecular complexity index is 2280. The topological polar surface area (TPSA) is 190 Å². The largest absolute Gasteiger partial charge is 0.481 e. The number of aromatic amines is 4. The predicted octanol–water partition coefficient (Wildman–Crippen LogP) is 3.14. The maximum Gasteiger partial charge on any atom is 0.303 e. The molecule has 0 spiro atoms. The first-order valence-electron chi connectivity index (χ1n) is 16.6. The van der Waals surface area contributed by atoms with Crippen LogP contribution in [0.15, 0.2) is 0 Å². The summed E-state index contributed by atoms with van der Waals surface area (Å²) in [7, 11) is 0.